The van der Waals surface area contributed by atoms with Crippen molar-refractivity contribution in [3.05, 3.63) is 22.7 Å². The monoisotopic (exact) mass is 297 g/mol. The van der Waals surface area contributed by atoms with Crippen molar-refractivity contribution in [2.45, 2.75) is 19.3 Å². The molecular formula is C12H16BrN3O. The molecule has 5 heteroatoms. The topological polar surface area (TPSA) is 58.4 Å². The molecule has 1 heterocycles. The minimum atomic E-state index is -0.0357. The minimum Gasteiger partial charge on any atom is -0.398 e. The molecule has 2 amide bonds. The number of hydrogen-bond acceptors (Lipinski definition) is 2. The second-order valence-electron chi connectivity index (χ2n) is 4.21. The van der Waals surface area contributed by atoms with E-state index in [1.807, 2.05) is 17.0 Å². The molecule has 0 radical (unpaired) electrons. The van der Waals surface area contributed by atoms with Crippen molar-refractivity contribution < 1.29 is 4.79 Å². The fourth-order valence-electron chi connectivity index (χ4n) is 1.92. The van der Waals surface area contributed by atoms with Crippen molar-refractivity contribution in [2.24, 2.45) is 0 Å². The Morgan fingerprint density at radius 2 is 2.00 bits per heavy atom. The van der Waals surface area contributed by atoms with Gasteiger partial charge in [0, 0.05) is 28.9 Å². The van der Waals surface area contributed by atoms with Gasteiger partial charge in [-0.05, 0) is 53.4 Å². The molecule has 1 saturated heterocycles. The molecule has 0 bridgehead atoms. The van der Waals surface area contributed by atoms with Gasteiger partial charge in [-0.25, -0.2) is 4.79 Å². The molecule has 1 fully saturated rings. The Balaban J connectivity index is 1.99. The number of halogens is 1. The smallest absolute Gasteiger partial charge is 0.321 e. The minimum absolute atomic E-state index is 0.0357. The summed E-state index contributed by atoms with van der Waals surface area (Å²) in [5.41, 5.74) is 7.13. The van der Waals surface area contributed by atoms with Gasteiger partial charge in [0.25, 0.3) is 0 Å². The van der Waals surface area contributed by atoms with Gasteiger partial charge in [0.1, 0.15) is 0 Å². The molecule has 3 N–H and O–H groups in total. The van der Waals surface area contributed by atoms with Gasteiger partial charge in [-0.2, -0.15) is 0 Å². The van der Waals surface area contributed by atoms with Gasteiger partial charge in [0.05, 0.1) is 0 Å². The standard InChI is InChI=1S/C12H16BrN3O/c13-10-5-4-9(8-11(10)14)15-12(17)16-6-2-1-3-7-16/h4-5,8H,1-3,6-7,14H2,(H,15,17). The highest BCUT2D eigenvalue weighted by Crippen LogP contribution is 2.23. The molecule has 0 atom stereocenters. The fourth-order valence-corrected chi connectivity index (χ4v) is 2.17. The third-order valence-electron chi connectivity index (χ3n) is 2.89. The van der Waals surface area contributed by atoms with E-state index in [-0.39, 0.29) is 6.03 Å². The van der Waals surface area contributed by atoms with Crippen LogP contribution in [0.3, 0.4) is 0 Å². The van der Waals surface area contributed by atoms with E-state index < -0.39 is 0 Å². The lowest BCUT2D eigenvalue weighted by molar-refractivity contribution is 0.200. The number of hydrogen-bond donors (Lipinski definition) is 2. The van der Waals surface area contributed by atoms with Gasteiger partial charge in [-0.3, -0.25) is 0 Å². The van der Waals surface area contributed by atoms with E-state index in [0.717, 1.165) is 36.1 Å². The maximum absolute atomic E-state index is 11.9. The van der Waals surface area contributed by atoms with E-state index in [4.69, 9.17) is 5.73 Å². The van der Waals surface area contributed by atoms with Gasteiger partial charge in [-0.15, -0.1) is 0 Å². The first-order chi connectivity index (χ1) is 8.16. The zero-order valence-corrected chi connectivity index (χ0v) is 11.2. The van der Waals surface area contributed by atoms with Crippen molar-refractivity contribution in [3.63, 3.8) is 0 Å². The lowest BCUT2D eigenvalue weighted by atomic mass is 10.1. The number of anilines is 2. The summed E-state index contributed by atoms with van der Waals surface area (Å²) in [7, 11) is 0. The fraction of sp³-hybridized carbons (Fsp3) is 0.417. The highest BCUT2D eigenvalue weighted by atomic mass is 79.9. The molecule has 1 aromatic carbocycles. The number of nitrogens with one attached hydrogen (secondary N) is 1. The highest BCUT2D eigenvalue weighted by molar-refractivity contribution is 9.10. The molecule has 17 heavy (non-hydrogen) atoms. The van der Waals surface area contributed by atoms with E-state index in [9.17, 15) is 4.79 Å². The van der Waals surface area contributed by atoms with Crippen LogP contribution in [0.15, 0.2) is 22.7 Å². The Labute approximate surface area is 109 Å². The largest absolute Gasteiger partial charge is 0.398 e. The quantitative estimate of drug-likeness (QED) is 0.783. The summed E-state index contributed by atoms with van der Waals surface area (Å²) in [5, 5.41) is 2.87. The molecule has 0 spiro atoms. The molecular weight excluding hydrogens is 282 g/mol. The van der Waals surface area contributed by atoms with Crippen molar-refractivity contribution >= 4 is 33.3 Å². The van der Waals surface area contributed by atoms with Crippen LogP contribution in [-0.4, -0.2) is 24.0 Å². The van der Waals surface area contributed by atoms with Crippen molar-refractivity contribution in [3.8, 4) is 0 Å². The molecule has 0 aliphatic carbocycles. The normalized spacial score (nSPS) is 15.7. The van der Waals surface area contributed by atoms with Crippen LogP contribution in [0.4, 0.5) is 16.2 Å². The molecule has 0 unspecified atom stereocenters. The predicted octanol–water partition coefficient (Wildman–Crippen LogP) is 3.05. The van der Waals surface area contributed by atoms with Crippen LogP contribution in [0.1, 0.15) is 19.3 Å². The third-order valence-corrected chi connectivity index (χ3v) is 3.61. The Kier molecular flexibility index (Phi) is 3.89. The number of amides is 2. The van der Waals surface area contributed by atoms with Crippen LogP contribution in [0, 0.1) is 0 Å². The number of benzene rings is 1. The summed E-state index contributed by atoms with van der Waals surface area (Å²) in [4.78, 5) is 13.8. The lowest BCUT2D eigenvalue weighted by Gasteiger charge is -2.26. The number of nitrogens with two attached hydrogens (primary N) is 1. The van der Waals surface area contributed by atoms with Crippen LogP contribution in [0.25, 0.3) is 0 Å². The van der Waals surface area contributed by atoms with Gasteiger partial charge in [0.15, 0.2) is 0 Å². The molecule has 0 aromatic heterocycles. The molecule has 1 aromatic rings. The van der Waals surface area contributed by atoms with E-state index in [0.29, 0.717) is 5.69 Å². The Hall–Kier alpha value is -1.23. The molecule has 0 saturated carbocycles. The summed E-state index contributed by atoms with van der Waals surface area (Å²) in [5.74, 6) is 0. The van der Waals surface area contributed by atoms with Gasteiger partial charge in [0.2, 0.25) is 0 Å². The second-order valence-corrected chi connectivity index (χ2v) is 5.07. The molecule has 92 valence electrons. The Morgan fingerprint density at radius 1 is 1.29 bits per heavy atom. The van der Waals surface area contributed by atoms with E-state index in [1.165, 1.54) is 6.42 Å². The zero-order chi connectivity index (χ0) is 12.3. The van der Waals surface area contributed by atoms with Gasteiger partial charge in [-0.1, -0.05) is 0 Å². The summed E-state index contributed by atoms with van der Waals surface area (Å²) < 4.78 is 0.841. The predicted molar refractivity (Wildman–Crippen MR) is 73.0 cm³/mol. The maximum atomic E-state index is 11.9. The number of nitrogen functional groups attached to an aromatic ring is 1. The summed E-state index contributed by atoms with van der Waals surface area (Å²) in [6.07, 6.45) is 3.40. The summed E-state index contributed by atoms with van der Waals surface area (Å²) in [6.45, 7) is 1.69. The van der Waals surface area contributed by atoms with Gasteiger partial charge >= 0.3 is 6.03 Å². The van der Waals surface area contributed by atoms with Crippen molar-refractivity contribution in [2.75, 3.05) is 24.1 Å². The Bertz CT molecular complexity index is 416. The van der Waals surface area contributed by atoms with Crippen LogP contribution in [-0.2, 0) is 0 Å². The molecule has 1 aliphatic rings. The summed E-state index contributed by atoms with van der Waals surface area (Å²) in [6, 6.07) is 5.39. The second kappa shape index (κ2) is 5.40. The first-order valence-corrected chi connectivity index (χ1v) is 6.57. The average molecular weight is 298 g/mol. The van der Waals surface area contributed by atoms with E-state index >= 15 is 0 Å². The number of nitrogens with zero attached hydrogens (tertiary/aromatic N) is 1. The van der Waals surface area contributed by atoms with Crippen LogP contribution in [0.5, 0.6) is 0 Å². The molecule has 1 aliphatic heterocycles. The SMILES string of the molecule is Nc1cc(NC(=O)N2CCCCC2)ccc1Br. The number of carbonyl (C=O) groups excluding carboxylic acids is 1. The van der Waals surface area contributed by atoms with Crippen LogP contribution >= 0.6 is 15.9 Å². The highest BCUT2D eigenvalue weighted by Gasteiger charge is 2.16. The third kappa shape index (κ3) is 3.12. The Morgan fingerprint density at radius 3 is 2.65 bits per heavy atom. The number of piperidine rings is 1. The average Bonchev–Trinajstić information content (AvgIpc) is 2.35. The number of carbonyl (C=O) groups is 1. The van der Waals surface area contributed by atoms with Crippen LogP contribution in [0.2, 0.25) is 0 Å². The lowest BCUT2D eigenvalue weighted by Crippen LogP contribution is -2.38. The van der Waals surface area contributed by atoms with E-state index in [1.54, 1.807) is 6.07 Å². The molecule has 4 nitrogen and oxygen atoms in total. The van der Waals surface area contributed by atoms with Crippen molar-refractivity contribution in [1.82, 2.24) is 4.90 Å². The van der Waals surface area contributed by atoms with Gasteiger partial charge < -0.3 is 16.0 Å². The van der Waals surface area contributed by atoms with E-state index in [2.05, 4.69) is 21.2 Å². The number of likely N-dealkylation sites (tertiary alicyclic amines) is 1. The maximum Gasteiger partial charge on any atom is 0.321 e. The number of rotatable bonds is 1. The molecule has 2 rings (SSSR count). The zero-order valence-electron chi connectivity index (χ0n) is 9.58. The first kappa shape index (κ1) is 12.2. The van der Waals surface area contributed by atoms with Crippen LogP contribution < -0.4 is 11.1 Å². The number of urea groups is 1. The summed E-state index contributed by atoms with van der Waals surface area (Å²) >= 11 is 3.32. The first-order valence-electron chi connectivity index (χ1n) is 5.78. The van der Waals surface area contributed by atoms with Crippen molar-refractivity contribution in [1.29, 1.82) is 0 Å².